The van der Waals surface area contributed by atoms with E-state index in [0.717, 1.165) is 43.0 Å². The number of carbonyl (C=O) groups is 2. The monoisotopic (exact) mass is 467 g/mol. The van der Waals surface area contributed by atoms with Gasteiger partial charge in [0.25, 0.3) is 0 Å². The van der Waals surface area contributed by atoms with Crippen molar-refractivity contribution in [2.75, 3.05) is 31.1 Å². The molecule has 2 saturated heterocycles. The molecule has 178 valence electrons. The summed E-state index contributed by atoms with van der Waals surface area (Å²) in [7, 11) is 0. The number of carbonyl (C=O) groups excluding carboxylic acids is 1. The van der Waals surface area contributed by atoms with E-state index in [2.05, 4.69) is 19.9 Å². The maximum atomic E-state index is 12.3. The van der Waals surface area contributed by atoms with Crippen molar-refractivity contribution in [1.29, 1.82) is 0 Å². The second kappa shape index (κ2) is 10.1. The third-order valence-corrected chi connectivity index (χ3v) is 5.40. The van der Waals surface area contributed by atoms with Crippen molar-refractivity contribution >= 4 is 17.8 Å². The Morgan fingerprint density at radius 1 is 1.21 bits per heavy atom. The van der Waals surface area contributed by atoms with Crippen LogP contribution >= 0.6 is 0 Å². The highest BCUT2D eigenvalue weighted by molar-refractivity contribution is 5.78. The summed E-state index contributed by atoms with van der Waals surface area (Å²) in [6.45, 7) is 5.02. The zero-order chi connectivity index (χ0) is 24.1. The number of alkyl halides is 3. The molecule has 4 heterocycles. The minimum atomic E-state index is -5.08. The Kier molecular flexibility index (Phi) is 7.46. The lowest BCUT2D eigenvalue weighted by Gasteiger charge is -2.47. The van der Waals surface area contributed by atoms with Gasteiger partial charge < -0.3 is 19.6 Å². The topological polar surface area (TPSA) is 109 Å². The Morgan fingerprint density at radius 2 is 1.85 bits per heavy atom. The average molecular weight is 467 g/mol. The molecule has 12 heteroatoms. The largest absolute Gasteiger partial charge is 0.490 e. The molecule has 2 aliphatic rings. The van der Waals surface area contributed by atoms with E-state index in [0.29, 0.717) is 13.1 Å². The molecule has 0 aliphatic carbocycles. The van der Waals surface area contributed by atoms with E-state index in [1.807, 2.05) is 42.5 Å². The zero-order valence-corrected chi connectivity index (χ0v) is 18.0. The molecule has 2 aromatic heterocycles. The van der Waals surface area contributed by atoms with Crippen molar-refractivity contribution in [2.45, 2.75) is 38.1 Å². The predicted octanol–water partition coefficient (Wildman–Crippen LogP) is 2.21. The van der Waals surface area contributed by atoms with E-state index < -0.39 is 12.1 Å². The molecule has 0 atom stereocenters. The van der Waals surface area contributed by atoms with Crippen LogP contribution in [0.5, 0.6) is 0 Å². The fourth-order valence-electron chi connectivity index (χ4n) is 3.61. The SMILES string of the molecule is Cc1cnc(N2CCC3(CC2)CN(Cc2cccnc2)C(=O)CO3)nc1.O=C(O)C(F)(F)F. The number of aryl methyl sites for hydroxylation is 1. The molecule has 2 aromatic rings. The van der Waals surface area contributed by atoms with E-state index in [9.17, 15) is 18.0 Å². The smallest absolute Gasteiger partial charge is 0.475 e. The highest BCUT2D eigenvalue weighted by Gasteiger charge is 2.42. The number of piperidine rings is 1. The van der Waals surface area contributed by atoms with Crippen LogP contribution in [0.25, 0.3) is 0 Å². The first-order chi connectivity index (χ1) is 15.6. The second-order valence-electron chi connectivity index (χ2n) is 7.93. The van der Waals surface area contributed by atoms with Crippen LogP contribution < -0.4 is 4.90 Å². The Labute approximate surface area is 188 Å². The summed E-state index contributed by atoms with van der Waals surface area (Å²) < 4.78 is 37.8. The number of nitrogens with zero attached hydrogens (tertiary/aromatic N) is 5. The first-order valence-electron chi connectivity index (χ1n) is 10.2. The predicted molar refractivity (Wildman–Crippen MR) is 110 cm³/mol. The van der Waals surface area contributed by atoms with Crippen molar-refractivity contribution in [1.82, 2.24) is 19.9 Å². The van der Waals surface area contributed by atoms with Crippen LogP contribution in [0.15, 0.2) is 36.9 Å². The van der Waals surface area contributed by atoms with Crippen molar-refractivity contribution in [2.24, 2.45) is 0 Å². The van der Waals surface area contributed by atoms with Gasteiger partial charge in [0.15, 0.2) is 0 Å². The number of amides is 1. The van der Waals surface area contributed by atoms with Gasteiger partial charge in [-0.1, -0.05) is 6.07 Å². The van der Waals surface area contributed by atoms with Gasteiger partial charge in [-0.15, -0.1) is 0 Å². The minimum Gasteiger partial charge on any atom is -0.475 e. The molecule has 0 unspecified atom stereocenters. The summed E-state index contributed by atoms with van der Waals surface area (Å²) in [4.78, 5) is 38.3. The third-order valence-electron chi connectivity index (χ3n) is 5.40. The molecule has 2 fully saturated rings. The van der Waals surface area contributed by atoms with Crippen molar-refractivity contribution in [3.63, 3.8) is 0 Å². The first-order valence-corrected chi connectivity index (χ1v) is 10.2. The van der Waals surface area contributed by atoms with Gasteiger partial charge in [0, 0.05) is 44.4 Å². The summed E-state index contributed by atoms with van der Waals surface area (Å²) in [5.41, 5.74) is 1.84. The summed E-state index contributed by atoms with van der Waals surface area (Å²) in [5, 5.41) is 7.12. The number of carboxylic acid groups (broad SMARTS) is 1. The number of pyridine rings is 1. The highest BCUT2D eigenvalue weighted by Crippen LogP contribution is 2.32. The molecule has 4 rings (SSSR count). The fourth-order valence-corrected chi connectivity index (χ4v) is 3.61. The van der Waals surface area contributed by atoms with Crippen molar-refractivity contribution in [3.05, 3.63) is 48.0 Å². The number of ether oxygens (including phenoxy) is 1. The Bertz CT molecular complexity index is 949. The van der Waals surface area contributed by atoms with Crippen LogP contribution in [-0.4, -0.2) is 74.9 Å². The van der Waals surface area contributed by atoms with Gasteiger partial charge in [0.2, 0.25) is 11.9 Å². The molecule has 0 aromatic carbocycles. The van der Waals surface area contributed by atoms with Gasteiger partial charge in [-0.25, -0.2) is 14.8 Å². The molecule has 0 bridgehead atoms. The summed E-state index contributed by atoms with van der Waals surface area (Å²) >= 11 is 0. The number of rotatable bonds is 3. The zero-order valence-electron chi connectivity index (χ0n) is 18.0. The number of aliphatic carboxylic acids is 1. The van der Waals surface area contributed by atoms with Crippen LogP contribution in [0.2, 0.25) is 0 Å². The van der Waals surface area contributed by atoms with Gasteiger partial charge in [-0.05, 0) is 37.0 Å². The number of anilines is 1. The number of aromatic nitrogens is 3. The Hall–Kier alpha value is -3.28. The van der Waals surface area contributed by atoms with E-state index in [1.165, 1.54) is 0 Å². The van der Waals surface area contributed by atoms with Crippen molar-refractivity contribution in [3.8, 4) is 0 Å². The van der Waals surface area contributed by atoms with Gasteiger partial charge in [-0.3, -0.25) is 9.78 Å². The number of halogens is 3. The maximum Gasteiger partial charge on any atom is 0.490 e. The normalized spacial score (nSPS) is 18.0. The Morgan fingerprint density at radius 3 is 2.39 bits per heavy atom. The summed E-state index contributed by atoms with van der Waals surface area (Å²) in [6.07, 6.45) is 3.89. The van der Waals surface area contributed by atoms with Crippen LogP contribution in [0.1, 0.15) is 24.0 Å². The van der Waals surface area contributed by atoms with Gasteiger partial charge in [0.05, 0.1) is 12.1 Å². The fraction of sp³-hybridized carbons (Fsp3) is 0.476. The molecular weight excluding hydrogens is 443 g/mol. The quantitative estimate of drug-likeness (QED) is 0.732. The lowest BCUT2D eigenvalue weighted by atomic mass is 9.89. The van der Waals surface area contributed by atoms with E-state index >= 15 is 0 Å². The van der Waals surface area contributed by atoms with Crippen LogP contribution in [0, 0.1) is 6.92 Å². The maximum absolute atomic E-state index is 12.3. The number of hydrogen-bond acceptors (Lipinski definition) is 7. The third kappa shape index (κ3) is 6.60. The number of carboxylic acids is 1. The Balaban J connectivity index is 0.000000383. The average Bonchev–Trinajstić information content (AvgIpc) is 2.78. The molecule has 1 spiro atoms. The van der Waals surface area contributed by atoms with Crippen LogP contribution in [0.4, 0.5) is 19.1 Å². The van der Waals surface area contributed by atoms with Gasteiger partial charge >= 0.3 is 12.1 Å². The van der Waals surface area contributed by atoms with E-state index in [1.54, 1.807) is 6.20 Å². The van der Waals surface area contributed by atoms with E-state index in [-0.39, 0.29) is 18.1 Å². The molecule has 0 radical (unpaired) electrons. The van der Waals surface area contributed by atoms with Crippen molar-refractivity contribution < 1.29 is 32.6 Å². The second-order valence-corrected chi connectivity index (χ2v) is 7.93. The standard InChI is InChI=1S/C19H23N5O2.C2HF3O2/c1-15-9-21-18(22-10-15)23-7-4-19(5-8-23)14-24(17(25)13-26-19)12-16-3-2-6-20-11-16;3-2(4,5)1(6)7/h2-3,6,9-11H,4-5,7-8,12-14H2,1H3;(H,6,7). The molecule has 0 saturated carbocycles. The van der Waals surface area contributed by atoms with Crippen LogP contribution in [-0.2, 0) is 20.9 Å². The number of morpholine rings is 1. The van der Waals surface area contributed by atoms with Gasteiger partial charge in [0.1, 0.15) is 6.61 Å². The summed E-state index contributed by atoms with van der Waals surface area (Å²) in [6, 6.07) is 3.90. The molecule has 1 amide bonds. The molecule has 9 nitrogen and oxygen atoms in total. The van der Waals surface area contributed by atoms with Crippen LogP contribution in [0.3, 0.4) is 0 Å². The molecule has 2 aliphatic heterocycles. The lowest BCUT2D eigenvalue weighted by molar-refractivity contribution is -0.192. The van der Waals surface area contributed by atoms with Gasteiger partial charge in [-0.2, -0.15) is 13.2 Å². The highest BCUT2D eigenvalue weighted by atomic mass is 19.4. The molecule has 1 N–H and O–H groups in total. The number of hydrogen-bond donors (Lipinski definition) is 1. The lowest BCUT2D eigenvalue weighted by Crippen LogP contribution is -2.58. The molecule has 33 heavy (non-hydrogen) atoms. The van der Waals surface area contributed by atoms with E-state index in [4.69, 9.17) is 14.6 Å². The summed E-state index contributed by atoms with van der Waals surface area (Å²) in [5.74, 6) is -1.94. The first kappa shape index (κ1) is 24.4. The molecular formula is C21H24F3N5O4. The minimum absolute atomic E-state index is 0.0452.